The Balaban J connectivity index is 0.000000221. The number of ether oxygens (including phenoxy) is 1. The van der Waals surface area contributed by atoms with Crippen molar-refractivity contribution in [1.82, 2.24) is 9.88 Å². The van der Waals surface area contributed by atoms with E-state index in [2.05, 4.69) is 4.98 Å². The number of likely N-dealkylation sites (tertiary alicyclic amines) is 1. The van der Waals surface area contributed by atoms with Gasteiger partial charge in [0.05, 0.1) is 12.8 Å². The van der Waals surface area contributed by atoms with Gasteiger partial charge in [-0.25, -0.2) is 0 Å². The molecule has 9 heteroatoms. The molecule has 28 heavy (non-hydrogen) atoms. The summed E-state index contributed by atoms with van der Waals surface area (Å²) in [5.41, 5.74) is -0.226. The highest BCUT2D eigenvalue weighted by atomic mass is 19.4. The van der Waals surface area contributed by atoms with Gasteiger partial charge in [0.2, 0.25) is 0 Å². The molecule has 2 aromatic rings. The molecule has 1 aliphatic rings. The van der Waals surface area contributed by atoms with Crippen molar-refractivity contribution in [3.63, 3.8) is 0 Å². The number of rotatable bonds is 4. The average Bonchev–Trinajstić information content (AvgIpc) is 3.21. The molecule has 1 fully saturated rings. The number of aromatic hydroxyl groups is 1. The van der Waals surface area contributed by atoms with Crippen LogP contribution in [0.1, 0.15) is 24.0 Å². The molecule has 1 aromatic carbocycles. The lowest BCUT2D eigenvalue weighted by molar-refractivity contribution is -0.138. The summed E-state index contributed by atoms with van der Waals surface area (Å²) in [5, 5.41) is 17.6. The summed E-state index contributed by atoms with van der Waals surface area (Å²) in [6.45, 7) is 1.82. The van der Waals surface area contributed by atoms with E-state index in [0.29, 0.717) is 5.75 Å². The number of nitrogens with zero attached hydrogens (tertiary/aromatic N) is 2. The molecule has 0 saturated carbocycles. The van der Waals surface area contributed by atoms with E-state index in [1.165, 1.54) is 0 Å². The molecule has 0 bridgehead atoms. The summed E-state index contributed by atoms with van der Waals surface area (Å²) < 4.78 is 41.0. The van der Waals surface area contributed by atoms with Crippen LogP contribution in [-0.4, -0.2) is 45.7 Å². The largest absolute Gasteiger partial charge is 0.506 e. The van der Waals surface area contributed by atoms with Crippen molar-refractivity contribution in [2.24, 2.45) is 0 Å². The highest BCUT2D eigenvalue weighted by Gasteiger charge is 2.33. The molecule has 3 rings (SSSR count). The van der Waals surface area contributed by atoms with Crippen LogP contribution in [0, 0.1) is 0 Å². The first kappa shape index (κ1) is 21.5. The Hall–Kier alpha value is -2.81. The van der Waals surface area contributed by atoms with E-state index in [9.17, 15) is 18.0 Å². The summed E-state index contributed by atoms with van der Waals surface area (Å²) in [5.74, 6) is -0.136. The Kier molecular flexibility index (Phi) is 7.62. The second kappa shape index (κ2) is 9.93. The van der Waals surface area contributed by atoms with Crippen LogP contribution in [0.4, 0.5) is 13.2 Å². The fourth-order valence-electron chi connectivity index (χ4n) is 2.52. The smallest absolute Gasteiger partial charge is 0.420 e. The van der Waals surface area contributed by atoms with E-state index >= 15 is 0 Å². The van der Waals surface area contributed by atoms with E-state index in [1.54, 1.807) is 24.3 Å². The predicted molar refractivity (Wildman–Crippen MR) is 94.6 cm³/mol. The second-order valence-electron chi connectivity index (χ2n) is 6.07. The van der Waals surface area contributed by atoms with Crippen molar-refractivity contribution in [3.8, 4) is 11.5 Å². The van der Waals surface area contributed by atoms with Gasteiger partial charge in [0, 0.05) is 19.3 Å². The molecule has 0 spiro atoms. The van der Waals surface area contributed by atoms with Gasteiger partial charge >= 0.3 is 6.18 Å². The normalized spacial score (nSPS) is 13.6. The van der Waals surface area contributed by atoms with Crippen molar-refractivity contribution in [3.05, 3.63) is 53.9 Å². The number of pyridine rings is 1. The van der Waals surface area contributed by atoms with Crippen LogP contribution < -0.4 is 4.74 Å². The highest BCUT2D eigenvalue weighted by molar-refractivity contribution is 5.78. The zero-order valence-electron chi connectivity index (χ0n) is 15.0. The van der Waals surface area contributed by atoms with Crippen LogP contribution >= 0.6 is 0 Å². The fourth-order valence-corrected chi connectivity index (χ4v) is 2.52. The Morgan fingerprint density at radius 2 is 1.79 bits per heavy atom. The molecular formula is C19H21F3N2O4. The highest BCUT2D eigenvalue weighted by Crippen LogP contribution is 2.34. The maximum absolute atomic E-state index is 11.9. The first-order valence-electron chi connectivity index (χ1n) is 8.62. The molecule has 6 nitrogen and oxygen atoms in total. The standard InChI is InChI=1S/C13H17NO3.C6H4F3NO/c15-9-11-3-5-12(6-4-11)17-10-13(16)14-7-1-2-8-14;7-6(8,9)4-1-2-10-3-5(4)11/h3-6,15H,1-2,7-10H2;1-3,11H. The summed E-state index contributed by atoms with van der Waals surface area (Å²) in [6, 6.07) is 7.83. The molecule has 1 aromatic heterocycles. The minimum atomic E-state index is -4.51. The van der Waals surface area contributed by atoms with Gasteiger partial charge in [-0.1, -0.05) is 12.1 Å². The molecule has 2 heterocycles. The first-order valence-corrected chi connectivity index (χ1v) is 8.62. The number of aliphatic hydroxyl groups is 1. The molecule has 1 saturated heterocycles. The monoisotopic (exact) mass is 398 g/mol. The number of hydrogen-bond donors (Lipinski definition) is 2. The third-order valence-electron chi connectivity index (χ3n) is 4.03. The molecule has 152 valence electrons. The maximum Gasteiger partial charge on any atom is 0.420 e. The Morgan fingerprint density at radius 3 is 2.29 bits per heavy atom. The molecule has 2 N–H and O–H groups in total. The van der Waals surface area contributed by atoms with Gasteiger partial charge in [0.1, 0.15) is 17.1 Å². The number of benzene rings is 1. The van der Waals surface area contributed by atoms with Gasteiger partial charge in [-0.3, -0.25) is 9.78 Å². The Morgan fingerprint density at radius 1 is 1.14 bits per heavy atom. The van der Waals surface area contributed by atoms with E-state index < -0.39 is 17.5 Å². The van der Waals surface area contributed by atoms with Gasteiger partial charge < -0.3 is 19.8 Å². The molecule has 1 aliphatic heterocycles. The molecule has 0 unspecified atom stereocenters. The SMILES string of the molecule is O=C(COc1ccc(CO)cc1)N1CCCC1.Oc1cnccc1C(F)(F)F. The van der Waals surface area contributed by atoms with Gasteiger partial charge in [-0.05, 0) is 36.6 Å². The number of carbonyl (C=O) groups is 1. The number of halogens is 3. The van der Waals surface area contributed by atoms with Crippen molar-refractivity contribution in [1.29, 1.82) is 0 Å². The van der Waals surface area contributed by atoms with Crippen LogP contribution in [0.5, 0.6) is 11.5 Å². The van der Waals surface area contributed by atoms with E-state index in [4.69, 9.17) is 14.9 Å². The Bertz CT molecular complexity index is 761. The van der Waals surface area contributed by atoms with Crippen molar-refractivity contribution < 1.29 is 32.9 Å². The van der Waals surface area contributed by atoms with Gasteiger partial charge in [-0.15, -0.1) is 0 Å². The zero-order chi connectivity index (χ0) is 20.6. The summed E-state index contributed by atoms with van der Waals surface area (Å²) in [4.78, 5) is 16.8. The van der Waals surface area contributed by atoms with Gasteiger partial charge in [-0.2, -0.15) is 13.2 Å². The average molecular weight is 398 g/mol. The van der Waals surface area contributed by atoms with Gasteiger partial charge in [0.15, 0.2) is 6.61 Å². The number of carbonyl (C=O) groups excluding carboxylic acids is 1. The quantitative estimate of drug-likeness (QED) is 0.828. The molecule has 0 atom stereocenters. The zero-order valence-corrected chi connectivity index (χ0v) is 15.0. The third-order valence-corrected chi connectivity index (χ3v) is 4.03. The fraction of sp³-hybridized carbons (Fsp3) is 0.368. The summed E-state index contributed by atoms with van der Waals surface area (Å²) in [7, 11) is 0. The number of amides is 1. The van der Waals surface area contributed by atoms with Crippen LogP contribution in [0.15, 0.2) is 42.7 Å². The van der Waals surface area contributed by atoms with Crippen molar-refractivity contribution in [2.45, 2.75) is 25.6 Å². The lowest BCUT2D eigenvalue weighted by Crippen LogP contribution is -2.32. The molecular weight excluding hydrogens is 377 g/mol. The van der Waals surface area contributed by atoms with Crippen LogP contribution in [0.2, 0.25) is 0 Å². The Labute approximate surface area is 160 Å². The number of aliphatic hydroxyl groups excluding tert-OH is 1. The van der Waals surface area contributed by atoms with Crippen LogP contribution in [0.25, 0.3) is 0 Å². The molecule has 0 aliphatic carbocycles. The molecule has 1 amide bonds. The number of hydrogen-bond acceptors (Lipinski definition) is 5. The number of alkyl halides is 3. The summed E-state index contributed by atoms with van der Waals surface area (Å²) >= 11 is 0. The minimum Gasteiger partial charge on any atom is -0.506 e. The lowest BCUT2D eigenvalue weighted by atomic mass is 10.2. The molecule has 0 radical (unpaired) electrons. The third kappa shape index (κ3) is 6.41. The van der Waals surface area contributed by atoms with Crippen LogP contribution in [-0.2, 0) is 17.6 Å². The maximum atomic E-state index is 11.9. The lowest BCUT2D eigenvalue weighted by Gasteiger charge is -2.15. The van der Waals surface area contributed by atoms with Crippen molar-refractivity contribution >= 4 is 5.91 Å². The second-order valence-corrected chi connectivity index (χ2v) is 6.07. The minimum absolute atomic E-state index is 0.0208. The summed E-state index contributed by atoms with van der Waals surface area (Å²) in [6.07, 6.45) is -0.591. The first-order chi connectivity index (χ1) is 13.3. The number of aromatic nitrogens is 1. The van der Waals surface area contributed by atoms with Gasteiger partial charge in [0.25, 0.3) is 5.91 Å². The van der Waals surface area contributed by atoms with E-state index in [0.717, 1.165) is 50.0 Å². The van der Waals surface area contributed by atoms with Crippen molar-refractivity contribution in [2.75, 3.05) is 19.7 Å². The van der Waals surface area contributed by atoms with Crippen LogP contribution in [0.3, 0.4) is 0 Å². The van der Waals surface area contributed by atoms with E-state index in [1.807, 2.05) is 4.90 Å². The van der Waals surface area contributed by atoms with E-state index in [-0.39, 0.29) is 19.1 Å². The topological polar surface area (TPSA) is 82.9 Å². The predicted octanol–water partition coefficient (Wildman–Crippen LogP) is 2.99.